The Morgan fingerprint density at radius 2 is 2.30 bits per heavy atom. The van der Waals surface area contributed by atoms with Gasteiger partial charge in [0, 0.05) is 24.2 Å². The number of methoxy groups -OCH3 is 1. The van der Waals surface area contributed by atoms with Gasteiger partial charge < -0.3 is 9.64 Å². The van der Waals surface area contributed by atoms with Gasteiger partial charge in [-0.25, -0.2) is 0 Å². The summed E-state index contributed by atoms with van der Waals surface area (Å²) in [5, 5.41) is 11.4. The predicted molar refractivity (Wildman–Crippen MR) is 75.1 cm³/mol. The van der Waals surface area contributed by atoms with Crippen LogP contribution in [0, 0.1) is 16.0 Å². The highest BCUT2D eigenvalue weighted by Gasteiger charge is 2.29. The molecule has 108 valence electrons. The molecule has 2 rings (SSSR count). The Kier molecular flexibility index (Phi) is 4.44. The quantitative estimate of drug-likeness (QED) is 0.487. The van der Waals surface area contributed by atoms with E-state index in [1.54, 1.807) is 12.1 Å². The summed E-state index contributed by atoms with van der Waals surface area (Å²) < 4.78 is 4.75. The van der Waals surface area contributed by atoms with Crippen molar-refractivity contribution in [2.24, 2.45) is 5.92 Å². The van der Waals surface area contributed by atoms with Crippen LogP contribution in [0.4, 0.5) is 11.4 Å². The van der Waals surface area contributed by atoms with Crippen molar-refractivity contribution < 1.29 is 14.5 Å². The Balaban J connectivity index is 2.27. The van der Waals surface area contributed by atoms with E-state index in [-0.39, 0.29) is 17.6 Å². The number of halogens is 1. The van der Waals surface area contributed by atoms with Crippen LogP contribution < -0.4 is 4.90 Å². The molecule has 0 radical (unpaired) electrons. The molecule has 7 heteroatoms. The van der Waals surface area contributed by atoms with Crippen LogP contribution in [-0.4, -0.2) is 31.1 Å². The van der Waals surface area contributed by atoms with Gasteiger partial charge in [-0.05, 0) is 25.0 Å². The minimum absolute atomic E-state index is 0.0389. The number of carbonyl (C=O) groups excluding carboxylic acids is 1. The highest BCUT2D eigenvalue weighted by atomic mass is 35.5. The van der Waals surface area contributed by atoms with Crippen LogP contribution in [0.1, 0.15) is 12.8 Å². The van der Waals surface area contributed by atoms with Crippen molar-refractivity contribution in [2.75, 3.05) is 25.1 Å². The summed E-state index contributed by atoms with van der Waals surface area (Å²) in [6, 6.07) is 4.57. The fourth-order valence-electron chi connectivity index (χ4n) is 2.47. The van der Waals surface area contributed by atoms with E-state index in [2.05, 4.69) is 0 Å². The predicted octanol–water partition coefficient (Wildman–Crippen LogP) is 2.64. The molecular formula is C13H15ClN2O4. The SMILES string of the molecule is COC(=O)C1CCCN(c2ccc(Cl)cc2[N+](=O)[O-])C1. The Morgan fingerprint density at radius 3 is 2.95 bits per heavy atom. The Morgan fingerprint density at radius 1 is 1.55 bits per heavy atom. The molecule has 1 saturated heterocycles. The Hall–Kier alpha value is -1.82. The minimum atomic E-state index is -0.455. The maximum absolute atomic E-state index is 11.6. The van der Waals surface area contributed by atoms with E-state index in [1.165, 1.54) is 13.2 Å². The van der Waals surface area contributed by atoms with Gasteiger partial charge in [0.2, 0.25) is 0 Å². The van der Waals surface area contributed by atoms with E-state index in [4.69, 9.17) is 16.3 Å². The summed E-state index contributed by atoms with van der Waals surface area (Å²) in [5.74, 6) is -0.518. The van der Waals surface area contributed by atoms with Gasteiger partial charge in [-0.3, -0.25) is 14.9 Å². The molecule has 0 aromatic heterocycles. The number of anilines is 1. The second kappa shape index (κ2) is 6.09. The van der Waals surface area contributed by atoms with Crippen molar-refractivity contribution in [1.29, 1.82) is 0 Å². The second-order valence-electron chi connectivity index (χ2n) is 4.70. The molecule has 20 heavy (non-hydrogen) atoms. The largest absolute Gasteiger partial charge is 0.469 e. The van der Waals surface area contributed by atoms with Crippen molar-refractivity contribution in [2.45, 2.75) is 12.8 Å². The van der Waals surface area contributed by atoms with Crippen LogP contribution >= 0.6 is 11.6 Å². The fraction of sp³-hybridized carbons (Fsp3) is 0.462. The zero-order valence-electron chi connectivity index (χ0n) is 11.0. The lowest BCUT2D eigenvalue weighted by atomic mass is 9.97. The molecule has 0 N–H and O–H groups in total. The first-order valence-corrected chi connectivity index (χ1v) is 6.67. The molecule has 0 saturated carbocycles. The topological polar surface area (TPSA) is 72.7 Å². The number of nitro groups is 1. The van der Waals surface area contributed by atoms with Crippen LogP contribution in [0.2, 0.25) is 5.02 Å². The molecule has 0 spiro atoms. The first kappa shape index (κ1) is 14.6. The molecule has 1 unspecified atom stereocenters. The first-order chi connectivity index (χ1) is 9.52. The van der Waals surface area contributed by atoms with Crippen LogP contribution in [0.15, 0.2) is 18.2 Å². The lowest BCUT2D eigenvalue weighted by Gasteiger charge is -2.32. The van der Waals surface area contributed by atoms with Crippen molar-refractivity contribution in [3.63, 3.8) is 0 Å². The molecule has 0 bridgehead atoms. The molecule has 6 nitrogen and oxygen atoms in total. The summed E-state index contributed by atoms with van der Waals surface area (Å²) >= 11 is 5.80. The van der Waals surface area contributed by atoms with E-state index < -0.39 is 4.92 Å². The summed E-state index contributed by atoms with van der Waals surface area (Å²) in [4.78, 5) is 24.1. The number of piperidine rings is 1. The molecule has 1 atom stereocenters. The summed E-state index contributed by atoms with van der Waals surface area (Å²) in [6.07, 6.45) is 1.53. The van der Waals surface area contributed by atoms with E-state index in [9.17, 15) is 14.9 Å². The Bertz CT molecular complexity index is 535. The monoisotopic (exact) mass is 298 g/mol. The molecule has 1 aromatic carbocycles. The summed E-state index contributed by atoms with van der Waals surface area (Å²) in [6.45, 7) is 1.10. The van der Waals surface area contributed by atoms with E-state index in [0.29, 0.717) is 23.8 Å². The Labute approximate surface area is 121 Å². The first-order valence-electron chi connectivity index (χ1n) is 6.29. The number of esters is 1. The normalized spacial score (nSPS) is 18.7. The smallest absolute Gasteiger partial charge is 0.310 e. The minimum Gasteiger partial charge on any atom is -0.469 e. The summed E-state index contributed by atoms with van der Waals surface area (Å²) in [7, 11) is 1.35. The number of rotatable bonds is 3. The molecular weight excluding hydrogens is 284 g/mol. The number of hydrogen-bond donors (Lipinski definition) is 0. The molecule has 1 aliphatic rings. The van der Waals surface area contributed by atoms with E-state index in [1.807, 2.05) is 4.90 Å². The number of nitrogens with zero attached hydrogens (tertiary/aromatic N) is 2. The number of ether oxygens (including phenoxy) is 1. The average Bonchev–Trinajstić information content (AvgIpc) is 2.46. The average molecular weight is 299 g/mol. The standard InChI is InChI=1S/C13H15ClN2O4/c1-20-13(17)9-3-2-6-15(8-9)11-5-4-10(14)7-12(11)16(18)19/h4-5,7,9H,2-3,6,8H2,1H3. The number of benzene rings is 1. The molecule has 1 aromatic rings. The maximum Gasteiger partial charge on any atom is 0.310 e. The van der Waals surface area contributed by atoms with Gasteiger partial charge in [0.15, 0.2) is 0 Å². The third-order valence-electron chi connectivity index (χ3n) is 3.43. The van der Waals surface area contributed by atoms with Crippen LogP contribution in [0.25, 0.3) is 0 Å². The van der Waals surface area contributed by atoms with Crippen LogP contribution in [-0.2, 0) is 9.53 Å². The van der Waals surface area contributed by atoms with Crippen molar-refractivity contribution >= 4 is 28.9 Å². The molecule has 0 aliphatic carbocycles. The second-order valence-corrected chi connectivity index (χ2v) is 5.13. The van der Waals surface area contributed by atoms with Gasteiger partial charge in [0.05, 0.1) is 18.0 Å². The molecule has 1 fully saturated rings. The van der Waals surface area contributed by atoms with Crippen molar-refractivity contribution in [3.05, 3.63) is 33.3 Å². The van der Waals surface area contributed by atoms with Gasteiger partial charge in [0.25, 0.3) is 5.69 Å². The van der Waals surface area contributed by atoms with Gasteiger partial charge in [-0.1, -0.05) is 11.6 Å². The number of nitro benzene ring substituents is 1. The van der Waals surface area contributed by atoms with Crippen molar-refractivity contribution in [3.8, 4) is 0 Å². The van der Waals surface area contributed by atoms with Gasteiger partial charge in [-0.15, -0.1) is 0 Å². The third kappa shape index (κ3) is 3.01. The summed E-state index contributed by atoms with van der Waals surface area (Å²) in [5.41, 5.74) is 0.455. The van der Waals surface area contributed by atoms with Gasteiger partial charge in [-0.2, -0.15) is 0 Å². The number of hydrogen-bond acceptors (Lipinski definition) is 5. The molecule has 1 aliphatic heterocycles. The van der Waals surface area contributed by atoms with E-state index in [0.717, 1.165) is 12.8 Å². The van der Waals surface area contributed by atoms with Gasteiger partial charge in [0.1, 0.15) is 5.69 Å². The fourth-order valence-corrected chi connectivity index (χ4v) is 2.63. The highest BCUT2D eigenvalue weighted by molar-refractivity contribution is 6.30. The molecule has 1 heterocycles. The van der Waals surface area contributed by atoms with Crippen LogP contribution in [0.3, 0.4) is 0 Å². The lowest BCUT2D eigenvalue weighted by molar-refractivity contribution is -0.384. The maximum atomic E-state index is 11.6. The van der Waals surface area contributed by atoms with Gasteiger partial charge >= 0.3 is 5.97 Å². The highest BCUT2D eigenvalue weighted by Crippen LogP contribution is 2.33. The van der Waals surface area contributed by atoms with Crippen LogP contribution in [0.5, 0.6) is 0 Å². The zero-order valence-corrected chi connectivity index (χ0v) is 11.8. The molecule has 0 amide bonds. The zero-order chi connectivity index (χ0) is 14.7. The lowest BCUT2D eigenvalue weighted by Crippen LogP contribution is -2.39. The van der Waals surface area contributed by atoms with E-state index >= 15 is 0 Å². The third-order valence-corrected chi connectivity index (χ3v) is 3.67. The number of carbonyl (C=O) groups is 1. The van der Waals surface area contributed by atoms with Crippen molar-refractivity contribution in [1.82, 2.24) is 0 Å².